The highest BCUT2D eigenvalue weighted by Crippen LogP contribution is 1.92. The SMILES string of the molecule is CCOC(=O)CC.Cl.Cl.Nc1cccnc1. The first-order valence-electron chi connectivity index (χ1n) is 4.51. The molecule has 1 heterocycles. The lowest BCUT2D eigenvalue weighted by atomic mass is 10.4. The third kappa shape index (κ3) is 13.0. The average molecular weight is 269 g/mol. The molecule has 0 aliphatic rings. The van der Waals surface area contributed by atoms with Gasteiger partial charge >= 0.3 is 5.97 Å². The normalized spacial score (nSPS) is 7.38. The Bertz CT molecular complexity index is 258. The summed E-state index contributed by atoms with van der Waals surface area (Å²) in [7, 11) is 0. The van der Waals surface area contributed by atoms with Gasteiger partial charge in [-0.15, -0.1) is 24.8 Å². The summed E-state index contributed by atoms with van der Waals surface area (Å²) in [6.45, 7) is 4.07. The van der Waals surface area contributed by atoms with E-state index in [0.29, 0.717) is 18.7 Å². The summed E-state index contributed by atoms with van der Waals surface area (Å²) in [6, 6.07) is 3.60. The summed E-state index contributed by atoms with van der Waals surface area (Å²) in [4.78, 5) is 13.9. The van der Waals surface area contributed by atoms with E-state index in [4.69, 9.17) is 5.73 Å². The van der Waals surface area contributed by atoms with Gasteiger partial charge in [-0.2, -0.15) is 0 Å². The lowest BCUT2D eigenvalue weighted by molar-refractivity contribution is -0.142. The minimum Gasteiger partial charge on any atom is -0.466 e. The fourth-order valence-corrected chi connectivity index (χ4v) is 0.639. The molecule has 1 aromatic rings. The van der Waals surface area contributed by atoms with Gasteiger partial charge < -0.3 is 10.5 Å². The van der Waals surface area contributed by atoms with Crippen LogP contribution in [0.1, 0.15) is 20.3 Å². The van der Waals surface area contributed by atoms with E-state index in [1.165, 1.54) is 0 Å². The Morgan fingerprint density at radius 2 is 2.06 bits per heavy atom. The molecule has 0 radical (unpaired) electrons. The van der Waals surface area contributed by atoms with Crippen molar-refractivity contribution in [3.8, 4) is 0 Å². The molecule has 16 heavy (non-hydrogen) atoms. The predicted molar refractivity (Wildman–Crippen MR) is 70.1 cm³/mol. The second-order valence-corrected chi connectivity index (χ2v) is 2.44. The topological polar surface area (TPSA) is 65.2 Å². The van der Waals surface area contributed by atoms with Gasteiger partial charge in [0.05, 0.1) is 12.3 Å². The molecule has 0 aliphatic carbocycles. The number of hydrogen-bond donors (Lipinski definition) is 1. The smallest absolute Gasteiger partial charge is 0.305 e. The first-order valence-corrected chi connectivity index (χ1v) is 4.51. The minimum atomic E-state index is -0.123. The second-order valence-electron chi connectivity index (χ2n) is 2.44. The predicted octanol–water partition coefficient (Wildman–Crippen LogP) is 2.47. The number of halogens is 2. The van der Waals surface area contributed by atoms with Crippen LogP contribution in [0.2, 0.25) is 0 Å². The van der Waals surface area contributed by atoms with Gasteiger partial charge in [0.25, 0.3) is 0 Å². The number of pyridine rings is 1. The molecule has 0 aliphatic heterocycles. The van der Waals surface area contributed by atoms with Crippen molar-refractivity contribution in [3.63, 3.8) is 0 Å². The van der Waals surface area contributed by atoms with Crippen LogP contribution in [0.5, 0.6) is 0 Å². The zero-order chi connectivity index (χ0) is 10.8. The van der Waals surface area contributed by atoms with Crippen LogP contribution in [-0.2, 0) is 9.53 Å². The first kappa shape index (κ1) is 20.4. The number of anilines is 1. The summed E-state index contributed by atoms with van der Waals surface area (Å²) in [6.07, 6.45) is 3.78. The van der Waals surface area contributed by atoms with Crippen molar-refractivity contribution in [2.45, 2.75) is 20.3 Å². The number of rotatable bonds is 2. The molecular weight excluding hydrogens is 251 g/mol. The van der Waals surface area contributed by atoms with Crippen LogP contribution in [0.25, 0.3) is 0 Å². The molecule has 0 atom stereocenters. The van der Waals surface area contributed by atoms with Gasteiger partial charge in [0, 0.05) is 18.8 Å². The molecule has 2 N–H and O–H groups in total. The number of nitrogen functional groups attached to an aromatic ring is 1. The number of aromatic nitrogens is 1. The summed E-state index contributed by atoms with van der Waals surface area (Å²) >= 11 is 0. The van der Waals surface area contributed by atoms with Crippen molar-refractivity contribution in [2.24, 2.45) is 0 Å². The molecule has 0 saturated heterocycles. The standard InChI is InChI=1S/C5H6N2.C5H10O2.2ClH/c6-5-2-1-3-7-4-5;1-3-5(6)7-4-2;;/h1-4H,6H2;3-4H2,1-2H3;2*1H. The van der Waals surface area contributed by atoms with Gasteiger partial charge in [-0.3, -0.25) is 9.78 Å². The number of carbonyl (C=O) groups excluding carboxylic acids is 1. The van der Waals surface area contributed by atoms with E-state index in [0.717, 1.165) is 0 Å². The van der Waals surface area contributed by atoms with Crippen LogP contribution < -0.4 is 5.73 Å². The molecule has 4 nitrogen and oxygen atoms in total. The third-order valence-electron chi connectivity index (χ3n) is 1.28. The first-order chi connectivity index (χ1) is 6.70. The maximum Gasteiger partial charge on any atom is 0.305 e. The van der Waals surface area contributed by atoms with E-state index in [-0.39, 0.29) is 30.8 Å². The maximum atomic E-state index is 10.2. The van der Waals surface area contributed by atoms with Crippen molar-refractivity contribution in [1.82, 2.24) is 4.98 Å². The van der Waals surface area contributed by atoms with Crippen LogP contribution >= 0.6 is 24.8 Å². The van der Waals surface area contributed by atoms with Crippen molar-refractivity contribution >= 4 is 36.5 Å². The summed E-state index contributed by atoms with van der Waals surface area (Å²) in [5, 5.41) is 0. The highest BCUT2D eigenvalue weighted by molar-refractivity contribution is 5.85. The Kier molecular flexibility index (Phi) is 17.9. The molecule has 6 heteroatoms. The van der Waals surface area contributed by atoms with E-state index in [1.54, 1.807) is 38.4 Å². The molecule has 0 aromatic carbocycles. The Balaban J connectivity index is -0.000000188. The molecule has 1 rings (SSSR count). The molecule has 94 valence electrons. The summed E-state index contributed by atoms with van der Waals surface area (Å²) in [5.74, 6) is -0.123. The largest absolute Gasteiger partial charge is 0.466 e. The fourth-order valence-electron chi connectivity index (χ4n) is 0.639. The van der Waals surface area contributed by atoms with Gasteiger partial charge in [0.2, 0.25) is 0 Å². The number of nitrogens with two attached hydrogens (primary N) is 1. The zero-order valence-electron chi connectivity index (χ0n) is 9.38. The zero-order valence-corrected chi connectivity index (χ0v) is 11.0. The number of ether oxygens (including phenoxy) is 1. The van der Waals surface area contributed by atoms with Crippen molar-refractivity contribution in [1.29, 1.82) is 0 Å². The fraction of sp³-hybridized carbons (Fsp3) is 0.400. The molecular formula is C10H18Cl2N2O2. The third-order valence-corrected chi connectivity index (χ3v) is 1.28. The van der Waals surface area contributed by atoms with Gasteiger partial charge in [-0.1, -0.05) is 6.92 Å². The van der Waals surface area contributed by atoms with E-state index in [9.17, 15) is 4.79 Å². The molecule has 0 amide bonds. The average Bonchev–Trinajstić information content (AvgIpc) is 2.20. The molecule has 0 fully saturated rings. The Morgan fingerprint density at radius 3 is 2.25 bits per heavy atom. The lowest BCUT2D eigenvalue weighted by Crippen LogP contribution is -2.00. The number of carbonyl (C=O) groups is 1. The molecule has 0 saturated carbocycles. The van der Waals surface area contributed by atoms with Gasteiger partial charge in [-0.05, 0) is 19.1 Å². The van der Waals surface area contributed by atoms with Crippen molar-refractivity contribution in [2.75, 3.05) is 12.3 Å². The van der Waals surface area contributed by atoms with Crippen molar-refractivity contribution in [3.05, 3.63) is 24.5 Å². The van der Waals surface area contributed by atoms with E-state index >= 15 is 0 Å². The quantitative estimate of drug-likeness (QED) is 0.837. The Labute approximate surface area is 108 Å². The molecule has 0 spiro atoms. The number of nitrogens with zero attached hydrogens (tertiary/aromatic N) is 1. The monoisotopic (exact) mass is 268 g/mol. The second kappa shape index (κ2) is 14.0. The molecule has 0 unspecified atom stereocenters. The van der Waals surface area contributed by atoms with Gasteiger partial charge in [0.15, 0.2) is 0 Å². The van der Waals surface area contributed by atoms with E-state index in [2.05, 4.69) is 9.72 Å². The summed E-state index contributed by atoms with van der Waals surface area (Å²) < 4.78 is 4.55. The number of hydrogen-bond acceptors (Lipinski definition) is 4. The van der Waals surface area contributed by atoms with Crippen LogP contribution in [0.3, 0.4) is 0 Å². The summed E-state index contributed by atoms with van der Waals surface area (Å²) in [5.41, 5.74) is 6.01. The van der Waals surface area contributed by atoms with E-state index in [1.807, 2.05) is 0 Å². The molecule has 1 aromatic heterocycles. The van der Waals surface area contributed by atoms with Crippen molar-refractivity contribution < 1.29 is 9.53 Å². The highest BCUT2D eigenvalue weighted by atomic mass is 35.5. The number of esters is 1. The van der Waals surface area contributed by atoms with Gasteiger partial charge in [-0.25, -0.2) is 0 Å². The van der Waals surface area contributed by atoms with Gasteiger partial charge in [0.1, 0.15) is 0 Å². The van der Waals surface area contributed by atoms with Crippen LogP contribution in [0, 0.1) is 0 Å². The maximum absolute atomic E-state index is 10.2. The van der Waals surface area contributed by atoms with Crippen LogP contribution in [0.15, 0.2) is 24.5 Å². The minimum absolute atomic E-state index is 0. The molecule has 0 bridgehead atoms. The Morgan fingerprint density at radius 1 is 1.44 bits per heavy atom. The van der Waals surface area contributed by atoms with Crippen LogP contribution in [-0.4, -0.2) is 17.6 Å². The highest BCUT2D eigenvalue weighted by Gasteiger charge is 1.91. The van der Waals surface area contributed by atoms with E-state index < -0.39 is 0 Å². The lowest BCUT2D eigenvalue weighted by Gasteiger charge is -1.93. The Hall–Kier alpha value is -1.00. The van der Waals surface area contributed by atoms with Crippen LogP contribution in [0.4, 0.5) is 5.69 Å².